The lowest BCUT2D eigenvalue weighted by molar-refractivity contribution is -0.115. The number of allylic oxidation sites excluding steroid dienone is 4. The second-order valence-corrected chi connectivity index (χ2v) is 11.5. The third kappa shape index (κ3) is 3.25. The fraction of sp³-hybridized carbons (Fsp3) is 0.815. The SMILES string of the molecule is CC(C)CCCC(C)C1CCC2C3=C(CCC21C)C1(C)CCC(=O)C=C1CC3. The van der Waals surface area contributed by atoms with Crippen molar-refractivity contribution in [2.45, 2.75) is 105 Å². The van der Waals surface area contributed by atoms with Crippen molar-refractivity contribution in [1.82, 2.24) is 0 Å². The number of fused-ring (bicyclic) bond motifs is 4. The van der Waals surface area contributed by atoms with Crippen LogP contribution in [0.1, 0.15) is 105 Å². The lowest BCUT2D eigenvalue weighted by atomic mass is 9.53. The van der Waals surface area contributed by atoms with Gasteiger partial charge >= 0.3 is 0 Å². The molecule has 5 atom stereocenters. The van der Waals surface area contributed by atoms with Gasteiger partial charge in [0.1, 0.15) is 0 Å². The zero-order valence-electron chi connectivity index (χ0n) is 19.1. The molecular formula is C27H42O. The molecule has 0 aliphatic heterocycles. The fourth-order valence-corrected chi connectivity index (χ4v) is 7.82. The van der Waals surface area contributed by atoms with Gasteiger partial charge in [-0.05, 0) is 80.1 Å². The Morgan fingerprint density at radius 2 is 1.79 bits per heavy atom. The smallest absolute Gasteiger partial charge is 0.155 e. The molecule has 0 aromatic carbocycles. The van der Waals surface area contributed by atoms with Crippen molar-refractivity contribution in [3.63, 3.8) is 0 Å². The second-order valence-electron chi connectivity index (χ2n) is 11.5. The summed E-state index contributed by atoms with van der Waals surface area (Å²) in [5, 5.41) is 0. The van der Waals surface area contributed by atoms with E-state index in [1.165, 1.54) is 56.9 Å². The van der Waals surface area contributed by atoms with Crippen LogP contribution >= 0.6 is 0 Å². The lowest BCUT2D eigenvalue weighted by Gasteiger charge is -2.52. The van der Waals surface area contributed by atoms with E-state index in [0.29, 0.717) is 11.2 Å². The van der Waals surface area contributed by atoms with Crippen LogP contribution in [0.4, 0.5) is 0 Å². The maximum atomic E-state index is 12.0. The molecule has 0 amide bonds. The van der Waals surface area contributed by atoms with Gasteiger partial charge in [0.25, 0.3) is 0 Å². The van der Waals surface area contributed by atoms with Crippen LogP contribution in [0.5, 0.6) is 0 Å². The third-order valence-electron chi connectivity index (χ3n) is 9.50. The van der Waals surface area contributed by atoms with Gasteiger partial charge in [-0.2, -0.15) is 0 Å². The Labute approximate surface area is 173 Å². The molecule has 1 nitrogen and oxygen atoms in total. The first-order valence-electron chi connectivity index (χ1n) is 12.2. The molecule has 28 heavy (non-hydrogen) atoms. The summed E-state index contributed by atoms with van der Waals surface area (Å²) >= 11 is 0. The molecule has 0 saturated heterocycles. The van der Waals surface area contributed by atoms with Crippen LogP contribution in [0.15, 0.2) is 22.8 Å². The zero-order valence-corrected chi connectivity index (χ0v) is 19.1. The standard InChI is InChI=1S/C27H42O/c1-18(2)7-6-8-19(3)23-11-12-24-22-10-9-20-17-21(28)13-15-26(20,4)25(22)14-16-27(23,24)5/h17-19,23-24H,6-16H2,1-5H3. The molecule has 0 bridgehead atoms. The maximum absolute atomic E-state index is 12.0. The highest BCUT2D eigenvalue weighted by Gasteiger charge is 2.54. The first kappa shape index (κ1) is 20.4. The number of hydrogen-bond acceptors (Lipinski definition) is 1. The predicted molar refractivity (Wildman–Crippen MR) is 118 cm³/mol. The average molecular weight is 383 g/mol. The quantitative estimate of drug-likeness (QED) is 0.446. The van der Waals surface area contributed by atoms with Crippen molar-refractivity contribution >= 4 is 5.78 Å². The summed E-state index contributed by atoms with van der Waals surface area (Å²) in [6.07, 6.45) is 16.0. The largest absolute Gasteiger partial charge is 0.295 e. The Kier molecular flexibility index (Phi) is 5.43. The molecule has 1 saturated carbocycles. The van der Waals surface area contributed by atoms with Crippen LogP contribution in [0.25, 0.3) is 0 Å². The van der Waals surface area contributed by atoms with E-state index in [1.54, 1.807) is 5.57 Å². The number of hydrogen-bond donors (Lipinski definition) is 0. The minimum absolute atomic E-state index is 0.212. The normalized spacial score (nSPS) is 38.8. The van der Waals surface area contributed by atoms with Crippen LogP contribution in [0.3, 0.4) is 0 Å². The van der Waals surface area contributed by atoms with E-state index in [-0.39, 0.29) is 5.41 Å². The minimum atomic E-state index is 0.212. The molecule has 5 unspecified atom stereocenters. The Morgan fingerprint density at radius 3 is 2.54 bits per heavy atom. The summed E-state index contributed by atoms with van der Waals surface area (Å²) in [4.78, 5) is 12.0. The molecule has 4 rings (SSSR count). The van der Waals surface area contributed by atoms with Crippen molar-refractivity contribution < 1.29 is 4.79 Å². The molecule has 1 fully saturated rings. The van der Waals surface area contributed by atoms with E-state index in [0.717, 1.165) is 42.9 Å². The third-order valence-corrected chi connectivity index (χ3v) is 9.50. The molecule has 4 aliphatic carbocycles. The first-order chi connectivity index (χ1) is 13.3. The average Bonchev–Trinajstić information content (AvgIpc) is 2.99. The van der Waals surface area contributed by atoms with Crippen molar-refractivity contribution in [1.29, 1.82) is 0 Å². The monoisotopic (exact) mass is 382 g/mol. The number of ketones is 1. The molecule has 4 aliphatic rings. The van der Waals surface area contributed by atoms with Gasteiger partial charge < -0.3 is 0 Å². The number of rotatable bonds is 5. The fourth-order valence-electron chi connectivity index (χ4n) is 7.82. The molecular weight excluding hydrogens is 340 g/mol. The number of carbonyl (C=O) groups excluding carboxylic acids is 1. The van der Waals surface area contributed by atoms with Gasteiger partial charge in [0.2, 0.25) is 0 Å². The highest BCUT2D eigenvalue weighted by molar-refractivity contribution is 5.92. The van der Waals surface area contributed by atoms with Crippen molar-refractivity contribution in [3.05, 3.63) is 22.8 Å². The Balaban J connectivity index is 1.56. The van der Waals surface area contributed by atoms with Crippen molar-refractivity contribution in [2.75, 3.05) is 0 Å². The van der Waals surface area contributed by atoms with Crippen LogP contribution in [-0.4, -0.2) is 5.78 Å². The van der Waals surface area contributed by atoms with Crippen LogP contribution < -0.4 is 0 Å². The highest BCUT2D eigenvalue weighted by Crippen LogP contribution is 2.65. The van der Waals surface area contributed by atoms with E-state index in [2.05, 4.69) is 34.6 Å². The Hall–Kier alpha value is -0.850. The summed E-state index contributed by atoms with van der Waals surface area (Å²) in [6.45, 7) is 12.4. The van der Waals surface area contributed by atoms with Gasteiger partial charge in [-0.25, -0.2) is 0 Å². The molecule has 0 heterocycles. The molecule has 1 heteroatoms. The van der Waals surface area contributed by atoms with Crippen molar-refractivity contribution in [3.8, 4) is 0 Å². The highest BCUT2D eigenvalue weighted by atomic mass is 16.1. The first-order valence-corrected chi connectivity index (χ1v) is 12.2. The number of carbonyl (C=O) groups is 1. The molecule has 0 radical (unpaired) electrons. The summed E-state index contributed by atoms with van der Waals surface area (Å²) in [6, 6.07) is 0. The van der Waals surface area contributed by atoms with Gasteiger partial charge in [-0.15, -0.1) is 0 Å². The summed E-state index contributed by atoms with van der Waals surface area (Å²) in [5.41, 5.74) is 5.82. The molecule has 0 N–H and O–H groups in total. The zero-order chi connectivity index (χ0) is 20.1. The van der Waals surface area contributed by atoms with E-state index < -0.39 is 0 Å². The molecule has 0 spiro atoms. The van der Waals surface area contributed by atoms with Gasteiger partial charge in [-0.3, -0.25) is 4.79 Å². The lowest BCUT2D eigenvalue weighted by Crippen LogP contribution is -2.41. The maximum Gasteiger partial charge on any atom is 0.155 e. The Morgan fingerprint density at radius 1 is 1.00 bits per heavy atom. The van der Waals surface area contributed by atoms with Gasteiger partial charge in [0.15, 0.2) is 5.78 Å². The second kappa shape index (κ2) is 7.44. The van der Waals surface area contributed by atoms with Crippen LogP contribution in [0, 0.1) is 34.5 Å². The summed E-state index contributed by atoms with van der Waals surface area (Å²) in [7, 11) is 0. The van der Waals surface area contributed by atoms with Gasteiger partial charge in [0.05, 0.1) is 0 Å². The van der Waals surface area contributed by atoms with E-state index >= 15 is 0 Å². The summed E-state index contributed by atoms with van der Waals surface area (Å²) in [5.74, 6) is 3.82. The molecule has 0 aromatic heterocycles. The van der Waals surface area contributed by atoms with Gasteiger partial charge in [0, 0.05) is 11.8 Å². The van der Waals surface area contributed by atoms with Crippen LogP contribution in [-0.2, 0) is 4.79 Å². The topological polar surface area (TPSA) is 17.1 Å². The summed E-state index contributed by atoms with van der Waals surface area (Å²) < 4.78 is 0. The minimum Gasteiger partial charge on any atom is -0.295 e. The van der Waals surface area contributed by atoms with E-state index in [9.17, 15) is 4.79 Å². The van der Waals surface area contributed by atoms with Crippen LogP contribution in [0.2, 0.25) is 0 Å². The molecule has 0 aromatic rings. The van der Waals surface area contributed by atoms with Crippen molar-refractivity contribution in [2.24, 2.45) is 34.5 Å². The van der Waals surface area contributed by atoms with Gasteiger partial charge in [-0.1, -0.05) is 70.6 Å². The molecule has 156 valence electrons. The van der Waals surface area contributed by atoms with E-state index in [4.69, 9.17) is 0 Å². The predicted octanol–water partition coefficient (Wildman–Crippen LogP) is 7.66. The Bertz CT molecular complexity index is 695. The van der Waals surface area contributed by atoms with E-state index in [1.807, 2.05) is 11.6 Å².